The summed E-state index contributed by atoms with van der Waals surface area (Å²) in [6, 6.07) is 0. The van der Waals surface area contributed by atoms with E-state index < -0.39 is 0 Å². The number of likely N-dealkylation sites (N-methyl/N-ethyl adjacent to an activating group) is 1. The summed E-state index contributed by atoms with van der Waals surface area (Å²) in [5.74, 6) is 0. The predicted molar refractivity (Wildman–Crippen MR) is 63.7 cm³/mol. The van der Waals surface area contributed by atoms with Crippen molar-refractivity contribution in [2.24, 2.45) is 0 Å². The molecule has 0 aromatic carbocycles. The first-order valence-electron chi connectivity index (χ1n) is 6.21. The molecule has 1 aliphatic heterocycles. The van der Waals surface area contributed by atoms with Gasteiger partial charge in [0.15, 0.2) is 0 Å². The lowest BCUT2D eigenvalue weighted by Gasteiger charge is -2.14. The summed E-state index contributed by atoms with van der Waals surface area (Å²) in [6.45, 7) is 7.03. The number of nitrogens with one attached hydrogen (secondary N) is 1. The van der Waals surface area contributed by atoms with Crippen LogP contribution >= 0.6 is 0 Å². The first-order valence-corrected chi connectivity index (χ1v) is 6.21. The molecular weight excluding hydrogens is 206 g/mol. The summed E-state index contributed by atoms with van der Waals surface area (Å²) in [4.78, 5) is 0. The lowest BCUT2D eigenvalue weighted by molar-refractivity contribution is -0.0347. The molecule has 1 rings (SSSR count). The van der Waals surface area contributed by atoms with Gasteiger partial charge in [-0.2, -0.15) is 0 Å². The molecule has 4 nitrogen and oxygen atoms in total. The Hall–Kier alpha value is -0.160. The third-order valence-electron chi connectivity index (χ3n) is 2.61. The largest absolute Gasteiger partial charge is 0.376 e. The fourth-order valence-corrected chi connectivity index (χ4v) is 1.84. The van der Waals surface area contributed by atoms with Crippen molar-refractivity contribution in [3.8, 4) is 0 Å². The van der Waals surface area contributed by atoms with Crippen molar-refractivity contribution in [3.05, 3.63) is 0 Å². The van der Waals surface area contributed by atoms with E-state index in [-0.39, 0.29) is 12.2 Å². The summed E-state index contributed by atoms with van der Waals surface area (Å²) >= 11 is 0. The molecule has 1 aliphatic rings. The molecule has 1 N–H and O–H groups in total. The van der Waals surface area contributed by atoms with Crippen molar-refractivity contribution in [2.45, 2.75) is 45.0 Å². The standard InChI is InChI=1S/C12H25NO3/c1-10(2)15-7-6-14-9-12-5-4-11(16-12)8-13-3/h10-13H,4-9H2,1-3H3. The van der Waals surface area contributed by atoms with Gasteiger partial charge in [-0.3, -0.25) is 0 Å². The van der Waals surface area contributed by atoms with Crippen LogP contribution < -0.4 is 5.32 Å². The fraction of sp³-hybridized carbons (Fsp3) is 1.00. The van der Waals surface area contributed by atoms with Crippen LogP contribution in [0.3, 0.4) is 0 Å². The molecule has 2 atom stereocenters. The van der Waals surface area contributed by atoms with Crippen LogP contribution in [0.5, 0.6) is 0 Å². The molecule has 0 aliphatic carbocycles. The zero-order valence-electron chi connectivity index (χ0n) is 10.7. The second kappa shape index (κ2) is 8.01. The third-order valence-corrected chi connectivity index (χ3v) is 2.61. The Bertz CT molecular complexity index is 176. The summed E-state index contributed by atoms with van der Waals surface area (Å²) in [7, 11) is 1.95. The van der Waals surface area contributed by atoms with E-state index in [1.165, 1.54) is 0 Å². The Morgan fingerprint density at radius 3 is 2.69 bits per heavy atom. The molecule has 1 heterocycles. The molecule has 1 fully saturated rings. The molecule has 1 saturated heterocycles. The van der Waals surface area contributed by atoms with E-state index in [2.05, 4.69) is 5.32 Å². The smallest absolute Gasteiger partial charge is 0.0813 e. The molecule has 0 bridgehead atoms. The van der Waals surface area contributed by atoms with E-state index in [0.717, 1.165) is 19.4 Å². The predicted octanol–water partition coefficient (Wildman–Crippen LogP) is 1.19. The van der Waals surface area contributed by atoms with Crippen molar-refractivity contribution in [1.29, 1.82) is 0 Å². The minimum absolute atomic E-state index is 0.275. The number of hydrogen-bond donors (Lipinski definition) is 1. The van der Waals surface area contributed by atoms with Crippen molar-refractivity contribution in [1.82, 2.24) is 5.32 Å². The van der Waals surface area contributed by atoms with Crippen LogP contribution in [0.4, 0.5) is 0 Å². The second-order valence-electron chi connectivity index (χ2n) is 4.51. The van der Waals surface area contributed by atoms with Gasteiger partial charge in [-0.1, -0.05) is 0 Å². The fourth-order valence-electron chi connectivity index (χ4n) is 1.84. The van der Waals surface area contributed by atoms with Gasteiger partial charge in [-0.15, -0.1) is 0 Å². The van der Waals surface area contributed by atoms with Gasteiger partial charge in [0.2, 0.25) is 0 Å². The Kier molecular flexibility index (Phi) is 6.96. The zero-order chi connectivity index (χ0) is 11.8. The molecule has 0 aromatic heterocycles. The van der Waals surface area contributed by atoms with E-state index in [4.69, 9.17) is 14.2 Å². The first kappa shape index (κ1) is 13.9. The molecule has 96 valence electrons. The number of hydrogen-bond acceptors (Lipinski definition) is 4. The molecule has 0 radical (unpaired) electrons. The van der Waals surface area contributed by atoms with Crippen molar-refractivity contribution in [2.75, 3.05) is 33.4 Å². The molecule has 0 spiro atoms. The van der Waals surface area contributed by atoms with Crippen LogP contribution in [0.2, 0.25) is 0 Å². The molecule has 0 saturated carbocycles. The van der Waals surface area contributed by atoms with Crippen LogP contribution in [0.15, 0.2) is 0 Å². The van der Waals surface area contributed by atoms with Gasteiger partial charge in [-0.05, 0) is 33.7 Å². The summed E-state index contributed by atoms with van der Waals surface area (Å²) < 4.78 is 16.7. The number of rotatable bonds is 8. The van der Waals surface area contributed by atoms with Crippen LogP contribution in [0, 0.1) is 0 Å². The van der Waals surface area contributed by atoms with Crippen LogP contribution in [-0.2, 0) is 14.2 Å². The van der Waals surface area contributed by atoms with Gasteiger partial charge < -0.3 is 19.5 Å². The SMILES string of the molecule is CNCC1CCC(COCCOC(C)C)O1. The van der Waals surface area contributed by atoms with E-state index in [1.807, 2.05) is 20.9 Å². The van der Waals surface area contributed by atoms with Gasteiger partial charge >= 0.3 is 0 Å². The van der Waals surface area contributed by atoms with E-state index in [0.29, 0.717) is 25.9 Å². The Balaban J connectivity index is 1.94. The minimum Gasteiger partial charge on any atom is -0.376 e. The quantitative estimate of drug-likeness (QED) is 0.637. The normalized spacial score (nSPS) is 25.5. The van der Waals surface area contributed by atoms with E-state index in [9.17, 15) is 0 Å². The highest BCUT2D eigenvalue weighted by atomic mass is 16.6. The average molecular weight is 231 g/mol. The Morgan fingerprint density at radius 2 is 2.00 bits per heavy atom. The summed E-state index contributed by atoms with van der Waals surface area (Å²) in [6.07, 6.45) is 3.17. The second-order valence-corrected chi connectivity index (χ2v) is 4.51. The van der Waals surface area contributed by atoms with Crippen molar-refractivity contribution < 1.29 is 14.2 Å². The van der Waals surface area contributed by atoms with Crippen LogP contribution in [0.25, 0.3) is 0 Å². The topological polar surface area (TPSA) is 39.7 Å². The lowest BCUT2D eigenvalue weighted by atomic mass is 10.2. The Morgan fingerprint density at radius 1 is 1.25 bits per heavy atom. The van der Waals surface area contributed by atoms with Crippen molar-refractivity contribution in [3.63, 3.8) is 0 Å². The van der Waals surface area contributed by atoms with E-state index >= 15 is 0 Å². The monoisotopic (exact) mass is 231 g/mol. The maximum absolute atomic E-state index is 5.80. The maximum atomic E-state index is 5.80. The van der Waals surface area contributed by atoms with Gasteiger partial charge in [0.25, 0.3) is 0 Å². The molecule has 0 amide bonds. The summed E-state index contributed by atoms with van der Waals surface area (Å²) in [5, 5.41) is 3.13. The first-order chi connectivity index (χ1) is 7.72. The molecule has 4 heteroatoms. The highest BCUT2D eigenvalue weighted by molar-refractivity contribution is 4.74. The lowest BCUT2D eigenvalue weighted by Crippen LogP contribution is -2.25. The molecule has 2 unspecified atom stereocenters. The molecule has 0 aromatic rings. The highest BCUT2D eigenvalue weighted by Crippen LogP contribution is 2.19. The summed E-state index contributed by atoms with van der Waals surface area (Å²) in [5.41, 5.74) is 0. The zero-order valence-corrected chi connectivity index (χ0v) is 10.7. The van der Waals surface area contributed by atoms with Crippen LogP contribution in [0.1, 0.15) is 26.7 Å². The van der Waals surface area contributed by atoms with E-state index in [1.54, 1.807) is 0 Å². The number of ether oxygens (including phenoxy) is 3. The van der Waals surface area contributed by atoms with Gasteiger partial charge in [0, 0.05) is 6.54 Å². The highest BCUT2D eigenvalue weighted by Gasteiger charge is 2.24. The Labute approximate surface area is 98.6 Å². The molecular formula is C12H25NO3. The van der Waals surface area contributed by atoms with Gasteiger partial charge in [0.05, 0.1) is 38.1 Å². The molecule has 16 heavy (non-hydrogen) atoms. The van der Waals surface area contributed by atoms with Crippen molar-refractivity contribution >= 4 is 0 Å². The average Bonchev–Trinajstić information content (AvgIpc) is 2.65. The van der Waals surface area contributed by atoms with Gasteiger partial charge in [0.1, 0.15) is 0 Å². The van der Waals surface area contributed by atoms with Crippen LogP contribution in [-0.4, -0.2) is 51.7 Å². The maximum Gasteiger partial charge on any atom is 0.0813 e. The minimum atomic E-state index is 0.275. The van der Waals surface area contributed by atoms with Gasteiger partial charge in [-0.25, -0.2) is 0 Å². The third kappa shape index (κ3) is 5.80.